The molecule has 0 aromatic heterocycles. The second kappa shape index (κ2) is 6.18. The standard InChI is InChI=1S/C14H14ClF2NO4/c15-11-2-1-8(12(20)21)7-10(11)14(16,17)13(22)18-5-3-9(19)4-6-18/h1-2,7,9,19H,3-6H2,(H,20,21). The van der Waals surface area contributed by atoms with Gasteiger partial charge in [-0.1, -0.05) is 11.6 Å². The number of carbonyl (C=O) groups excluding carboxylic acids is 1. The Morgan fingerprint density at radius 2 is 1.86 bits per heavy atom. The minimum atomic E-state index is -3.93. The van der Waals surface area contributed by atoms with Gasteiger partial charge in [0.2, 0.25) is 0 Å². The Morgan fingerprint density at radius 3 is 2.41 bits per heavy atom. The van der Waals surface area contributed by atoms with Crippen molar-refractivity contribution >= 4 is 23.5 Å². The van der Waals surface area contributed by atoms with E-state index in [2.05, 4.69) is 0 Å². The molecule has 0 radical (unpaired) electrons. The monoisotopic (exact) mass is 333 g/mol. The molecular weight excluding hydrogens is 320 g/mol. The van der Waals surface area contributed by atoms with Crippen molar-refractivity contribution < 1.29 is 28.6 Å². The van der Waals surface area contributed by atoms with E-state index < -0.39 is 29.5 Å². The largest absolute Gasteiger partial charge is 0.478 e. The molecule has 1 fully saturated rings. The lowest BCUT2D eigenvalue weighted by molar-refractivity contribution is -0.161. The molecule has 22 heavy (non-hydrogen) atoms. The summed E-state index contributed by atoms with van der Waals surface area (Å²) in [5, 5.41) is 17.9. The molecule has 1 aliphatic rings. The number of aromatic carboxylic acids is 1. The normalized spacial score (nSPS) is 16.6. The van der Waals surface area contributed by atoms with Crippen LogP contribution in [0, 0.1) is 0 Å². The molecule has 0 saturated carbocycles. The first-order chi connectivity index (χ1) is 10.2. The minimum Gasteiger partial charge on any atom is -0.478 e. The lowest BCUT2D eigenvalue weighted by Crippen LogP contribution is -2.46. The van der Waals surface area contributed by atoms with Crippen LogP contribution in [0.1, 0.15) is 28.8 Å². The molecule has 0 bridgehead atoms. The minimum absolute atomic E-state index is 0.0197. The number of nitrogens with zero attached hydrogens (tertiary/aromatic N) is 1. The third-order valence-corrected chi connectivity index (χ3v) is 3.90. The SMILES string of the molecule is O=C(O)c1ccc(Cl)c(C(F)(F)C(=O)N2CCC(O)CC2)c1. The maximum Gasteiger partial charge on any atom is 0.351 e. The van der Waals surface area contributed by atoms with E-state index in [9.17, 15) is 23.5 Å². The van der Waals surface area contributed by atoms with Crippen molar-refractivity contribution in [3.05, 3.63) is 34.3 Å². The molecule has 0 spiro atoms. The predicted octanol–water partition coefficient (Wildman–Crippen LogP) is 2.11. The van der Waals surface area contributed by atoms with Gasteiger partial charge in [-0.3, -0.25) is 4.79 Å². The highest BCUT2D eigenvalue weighted by atomic mass is 35.5. The molecule has 5 nitrogen and oxygen atoms in total. The summed E-state index contributed by atoms with van der Waals surface area (Å²) in [5.74, 6) is -6.75. The van der Waals surface area contributed by atoms with Crippen LogP contribution < -0.4 is 0 Å². The zero-order valence-electron chi connectivity index (χ0n) is 11.4. The van der Waals surface area contributed by atoms with Crippen LogP contribution in [0.15, 0.2) is 18.2 Å². The number of carboxylic acid groups (broad SMARTS) is 1. The number of carboxylic acids is 1. The Balaban J connectivity index is 2.31. The van der Waals surface area contributed by atoms with Crippen molar-refractivity contribution in [1.29, 1.82) is 0 Å². The number of piperidine rings is 1. The molecule has 1 aromatic rings. The number of hydrogen-bond acceptors (Lipinski definition) is 3. The van der Waals surface area contributed by atoms with Crippen molar-refractivity contribution in [3.8, 4) is 0 Å². The number of rotatable bonds is 3. The predicted molar refractivity (Wildman–Crippen MR) is 74.1 cm³/mol. The van der Waals surface area contributed by atoms with Crippen LogP contribution in [0.2, 0.25) is 5.02 Å². The van der Waals surface area contributed by atoms with Crippen LogP contribution in [0.5, 0.6) is 0 Å². The Labute approximate surface area is 130 Å². The fourth-order valence-corrected chi connectivity index (χ4v) is 2.52. The molecule has 2 rings (SSSR count). The van der Waals surface area contributed by atoms with E-state index in [1.807, 2.05) is 0 Å². The summed E-state index contributed by atoms with van der Waals surface area (Å²) >= 11 is 5.71. The summed E-state index contributed by atoms with van der Waals surface area (Å²) in [6, 6.07) is 2.83. The Hall–Kier alpha value is -1.73. The van der Waals surface area contributed by atoms with Gasteiger partial charge >= 0.3 is 11.9 Å². The quantitative estimate of drug-likeness (QED) is 0.888. The van der Waals surface area contributed by atoms with Crippen LogP contribution in [-0.2, 0) is 10.7 Å². The van der Waals surface area contributed by atoms with Gasteiger partial charge in [-0.25, -0.2) is 4.79 Å². The van der Waals surface area contributed by atoms with Crippen LogP contribution in [0.25, 0.3) is 0 Å². The van der Waals surface area contributed by atoms with Crippen molar-refractivity contribution in [2.24, 2.45) is 0 Å². The summed E-state index contributed by atoms with van der Waals surface area (Å²) in [7, 11) is 0. The van der Waals surface area contributed by atoms with Gasteiger partial charge in [0.1, 0.15) is 0 Å². The first-order valence-electron chi connectivity index (χ1n) is 6.62. The van der Waals surface area contributed by atoms with Gasteiger partial charge in [-0.05, 0) is 31.0 Å². The second-order valence-corrected chi connectivity index (χ2v) is 5.50. The topological polar surface area (TPSA) is 77.8 Å². The molecule has 1 aliphatic heterocycles. The van der Waals surface area contributed by atoms with Crippen molar-refractivity contribution in [3.63, 3.8) is 0 Å². The number of aliphatic hydroxyl groups excluding tert-OH is 1. The molecule has 1 aromatic carbocycles. The van der Waals surface area contributed by atoms with Crippen LogP contribution in [0.3, 0.4) is 0 Å². The van der Waals surface area contributed by atoms with E-state index in [0.29, 0.717) is 6.07 Å². The molecule has 1 heterocycles. The van der Waals surface area contributed by atoms with Crippen LogP contribution >= 0.6 is 11.6 Å². The summed E-state index contributed by atoms with van der Waals surface area (Å²) in [6.45, 7) is 0.0393. The molecule has 1 amide bonds. The smallest absolute Gasteiger partial charge is 0.351 e. The molecule has 0 atom stereocenters. The van der Waals surface area contributed by atoms with Gasteiger partial charge in [0.25, 0.3) is 5.91 Å². The average molecular weight is 334 g/mol. The van der Waals surface area contributed by atoms with E-state index in [1.54, 1.807) is 0 Å². The van der Waals surface area contributed by atoms with E-state index in [-0.39, 0.29) is 36.5 Å². The van der Waals surface area contributed by atoms with Crippen molar-refractivity contribution in [2.75, 3.05) is 13.1 Å². The van der Waals surface area contributed by atoms with Gasteiger partial charge in [0.15, 0.2) is 0 Å². The summed E-state index contributed by atoms with van der Waals surface area (Å²) < 4.78 is 28.8. The molecule has 1 saturated heterocycles. The summed E-state index contributed by atoms with van der Waals surface area (Å²) in [6.07, 6.45) is -0.147. The summed E-state index contributed by atoms with van der Waals surface area (Å²) in [5.41, 5.74) is -1.20. The van der Waals surface area contributed by atoms with Gasteiger partial charge in [-0.15, -0.1) is 0 Å². The number of alkyl halides is 2. The molecule has 8 heteroatoms. The van der Waals surface area contributed by atoms with E-state index >= 15 is 0 Å². The highest BCUT2D eigenvalue weighted by Crippen LogP contribution is 2.36. The second-order valence-electron chi connectivity index (χ2n) is 5.10. The van der Waals surface area contributed by atoms with E-state index in [1.165, 1.54) is 0 Å². The number of benzene rings is 1. The fraction of sp³-hybridized carbons (Fsp3) is 0.429. The van der Waals surface area contributed by atoms with Gasteiger partial charge < -0.3 is 15.1 Å². The highest BCUT2D eigenvalue weighted by Gasteiger charge is 2.46. The van der Waals surface area contributed by atoms with Crippen LogP contribution in [0.4, 0.5) is 8.78 Å². The Morgan fingerprint density at radius 1 is 1.27 bits per heavy atom. The van der Waals surface area contributed by atoms with Crippen LogP contribution in [-0.4, -0.2) is 46.2 Å². The maximum absolute atomic E-state index is 14.4. The lowest BCUT2D eigenvalue weighted by atomic mass is 10.0. The van der Waals surface area contributed by atoms with E-state index in [0.717, 1.165) is 17.0 Å². The Kier molecular flexibility index (Phi) is 4.67. The lowest BCUT2D eigenvalue weighted by Gasteiger charge is -2.32. The Bertz CT molecular complexity index is 601. The molecule has 2 N–H and O–H groups in total. The third kappa shape index (κ3) is 3.20. The summed E-state index contributed by atoms with van der Waals surface area (Å²) in [4.78, 5) is 23.9. The van der Waals surface area contributed by atoms with Gasteiger partial charge in [0.05, 0.1) is 22.3 Å². The average Bonchev–Trinajstić information content (AvgIpc) is 2.47. The number of halogens is 3. The fourth-order valence-electron chi connectivity index (χ4n) is 2.28. The zero-order chi connectivity index (χ0) is 16.5. The van der Waals surface area contributed by atoms with Crippen molar-refractivity contribution in [2.45, 2.75) is 24.9 Å². The van der Waals surface area contributed by atoms with E-state index in [4.69, 9.17) is 16.7 Å². The number of hydrogen-bond donors (Lipinski definition) is 2. The van der Waals surface area contributed by atoms with Gasteiger partial charge in [-0.2, -0.15) is 8.78 Å². The zero-order valence-corrected chi connectivity index (χ0v) is 12.2. The van der Waals surface area contributed by atoms with Gasteiger partial charge in [0, 0.05) is 13.1 Å². The number of amides is 1. The molecule has 0 aliphatic carbocycles. The first kappa shape index (κ1) is 16.6. The van der Waals surface area contributed by atoms with Crippen molar-refractivity contribution in [1.82, 2.24) is 4.90 Å². The maximum atomic E-state index is 14.4. The molecule has 120 valence electrons. The molecule has 0 unspecified atom stereocenters. The number of aliphatic hydroxyl groups is 1. The third-order valence-electron chi connectivity index (χ3n) is 3.57. The number of carbonyl (C=O) groups is 2. The molecular formula is C14H14ClF2NO4. The first-order valence-corrected chi connectivity index (χ1v) is 7.00. The highest BCUT2D eigenvalue weighted by molar-refractivity contribution is 6.31. The number of likely N-dealkylation sites (tertiary alicyclic amines) is 1.